The lowest BCUT2D eigenvalue weighted by Gasteiger charge is -2.04. The zero-order chi connectivity index (χ0) is 14.1. The number of benzene rings is 2. The average molecular weight is 263 g/mol. The molecule has 1 aliphatic heterocycles. The van der Waals surface area contributed by atoms with E-state index in [2.05, 4.69) is 11.9 Å². The fourth-order valence-corrected chi connectivity index (χ4v) is 2.33. The van der Waals surface area contributed by atoms with Gasteiger partial charge in [0.2, 0.25) is 0 Å². The second-order valence-corrected chi connectivity index (χ2v) is 4.79. The van der Waals surface area contributed by atoms with Crippen LogP contribution in [-0.4, -0.2) is 11.8 Å². The first kappa shape index (κ1) is 12.4. The van der Waals surface area contributed by atoms with Gasteiger partial charge < -0.3 is 0 Å². The summed E-state index contributed by atoms with van der Waals surface area (Å²) < 4.78 is 0. The van der Waals surface area contributed by atoms with Crippen molar-refractivity contribution in [1.29, 1.82) is 0 Å². The number of fused-ring (bicyclic) bond motifs is 1. The SMILES string of the molecule is C=Cc1ccc(Cc2ccc3c(c2)C(=O)NC3=O)cc1. The molecule has 2 aromatic rings. The van der Waals surface area contributed by atoms with Gasteiger partial charge in [-0.2, -0.15) is 0 Å². The van der Waals surface area contributed by atoms with E-state index in [4.69, 9.17) is 0 Å². The maximum Gasteiger partial charge on any atom is 0.258 e. The van der Waals surface area contributed by atoms with Gasteiger partial charge in [0.15, 0.2) is 0 Å². The Kier molecular flexibility index (Phi) is 2.95. The maximum atomic E-state index is 11.6. The molecule has 0 fully saturated rings. The summed E-state index contributed by atoms with van der Waals surface area (Å²) in [5.41, 5.74) is 4.17. The first-order chi connectivity index (χ1) is 9.67. The van der Waals surface area contributed by atoms with Crippen LogP contribution in [0.25, 0.3) is 6.08 Å². The predicted molar refractivity (Wildman–Crippen MR) is 77.6 cm³/mol. The van der Waals surface area contributed by atoms with Crippen LogP contribution in [0, 0.1) is 0 Å². The molecular weight excluding hydrogens is 250 g/mol. The summed E-state index contributed by atoms with van der Waals surface area (Å²) in [6.45, 7) is 3.72. The Bertz CT molecular complexity index is 714. The first-order valence-corrected chi connectivity index (χ1v) is 6.37. The van der Waals surface area contributed by atoms with Crippen molar-refractivity contribution in [3.05, 3.63) is 76.9 Å². The van der Waals surface area contributed by atoms with E-state index in [1.807, 2.05) is 30.3 Å². The van der Waals surface area contributed by atoms with Crippen molar-refractivity contribution in [2.45, 2.75) is 6.42 Å². The zero-order valence-corrected chi connectivity index (χ0v) is 10.8. The molecule has 0 spiro atoms. The summed E-state index contributed by atoms with van der Waals surface area (Å²) in [6.07, 6.45) is 2.53. The molecule has 0 aliphatic carbocycles. The van der Waals surface area contributed by atoms with Crippen LogP contribution >= 0.6 is 0 Å². The van der Waals surface area contributed by atoms with Gasteiger partial charge in [0.25, 0.3) is 11.8 Å². The number of hydrogen-bond donors (Lipinski definition) is 1. The Morgan fingerprint density at radius 3 is 2.25 bits per heavy atom. The van der Waals surface area contributed by atoms with Crippen molar-refractivity contribution in [3.8, 4) is 0 Å². The van der Waals surface area contributed by atoms with E-state index in [9.17, 15) is 9.59 Å². The Labute approximate surface area is 116 Å². The van der Waals surface area contributed by atoms with Gasteiger partial charge in [-0.05, 0) is 35.2 Å². The third-order valence-corrected chi connectivity index (χ3v) is 3.42. The number of carbonyl (C=O) groups is 2. The lowest BCUT2D eigenvalue weighted by atomic mass is 9.99. The van der Waals surface area contributed by atoms with E-state index in [0.717, 1.165) is 23.1 Å². The summed E-state index contributed by atoms with van der Waals surface area (Å²) in [7, 11) is 0. The van der Waals surface area contributed by atoms with Gasteiger partial charge in [-0.3, -0.25) is 14.9 Å². The molecule has 3 heteroatoms. The molecular formula is C17H13NO2. The average Bonchev–Trinajstić information content (AvgIpc) is 2.75. The van der Waals surface area contributed by atoms with E-state index in [1.54, 1.807) is 18.2 Å². The minimum atomic E-state index is -0.313. The molecule has 2 aromatic carbocycles. The van der Waals surface area contributed by atoms with Gasteiger partial charge in [-0.25, -0.2) is 0 Å². The smallest absolute Gasteiger partial charge is 0.258 e. The van der Waals surface area contributed by atoms with Crippen LogP contribution in [0.1, 0.15) is 37.4 Å². The van der Waals surface area contributed by atoms with Crippen LogP contribution in [0.5, 0.6) is 0 Å². The van der Waals surface area contributed by atoms with E-state index in [-0.39, 0.29) is 11.8 Å². The highest BCUT2D eigenvalue weighted by Gasteiger charge is 2.26. The van der Waals surface area contributed by atoms with Crippen molar-refractivity contribution in [1.82, 2.24) is 5.32 Å². The van der Waals surface area contributed by atoms with Crippen molar-refractivity contribution in [3.63, 3.8) is 0 Å². The molecule has 1 aliphatic rings. The molecule has 3 rings (SSSR count). The van der Waals surface area contributed by atoms with Crippen molar-refractivity contribution in [2.24, 2.45) is 0 Å². The first-order valence-electron chi connectivity index (χ1n) is 6.37. The lowest BCUT2D eigenvalue weighted by Crippen LogP contribution is -2.19. The molecule has 0 aromatic heterocycles. The summed E-state index contributed by atoms with van der Waals surface area (Å²) in [5, 5.41) is 2.30. The molecule has 3 nitrogen and oxygen atoms in total. The molecule has 98 valence electrons. The monoisotopic (exact) mass is 263 g/mol. The number of nitrogens with one attached hydrogen (secondary N) is 1. The second kappa shape index (κ2) is 4.78. The number of rotatable bonds is 3. The van der Waals surface area contributed by atoms with Crippen LogP contribution in [-0.2, 0) is 6.42 Å². The third-order valence-electron chi connectivity index (χ3n) is 3.42. The van der Waals surface area contributed by atoms with E-state index in [0.29, 0.717) is 11.1 Å². The van der Waals surface area contributed by atoms with Gasteiger partial charge >= 0.3 is 0 Å². The maximum absolute atomic E-state index is 11.6. The summed E-state index contributed by atoms with van der Waals surface area (Å²) >= 11 is 0. The van der Waals surface area contributed by atoms with Crippen LogP contribution in [0.4, 0.5) is 0 Å². The summed E-state index contributed by atoms with van der Waals surface area (Å²) in [4.78, 5) is 23.1. The fourth-order valence-electron chi connectivity index (χ4n) is 2.33. The molecule has 0 saturated carbocycles. The Balaban J connectivity index is 1.88. The van der Waals surface area contributed by atoms with Crippen LogP contribution in [0.2, 0.25) is 0 Å². The molecule has 0 radical (unpaired) electrons. The van der Waals surface area contributed by atoms with E-state index < -0.39 is 0 Å². The zero-order valence-electron chi connectivity index (χ0n) is 10.8. The van der Waals surface area contributed by atoms with E-state index in [1.165, 1.54) is 0 Å². The van der Waals surface area contributed by atoms with Gasteiger partial charge in [0, 0.05) is 0 Å². The lowest BCUT2D eigenvalue weighted by molar-refractivity contribution is 0.0879. The normalized spacial score (nSPS) is 13.0. The largest absolute Gasteiger partial charge is 0.288 e. The molecule has 0 bridgehead atoms. The van der Waals surface area contributed by atoms with Crippen LogP contribution in [0.15, 0.2) is 49.0 Å². The molecule has 2 amide bonds. The summed E-state index contributed by atoms with van der Waals surface area (Å²) in [5.74, 6) is -0.624. The quantitative estimate of drug-likeness (QED) is 0.865. The molecule has 0 saturated heterocycles. The number of hydrogen-bond acceptors (Lipinski definition) is 2. The standard InChI is InChI=1S/C17H13NO2/c1-2-11-3-5-12(6-4-11)9-13-7-8-14-15(10-13)17(20)18-16(14)19/h2-8,10H,1,9H2,(H,18,19,20). The van der Waals surface area contributed by atoms with Gasteiger partial charge in [-0.15, -0.1) is 0 Å². The fraction of sp³-hybridized carbons (Fsp3) is 0.0588. The molecule has 20 heavy (non-hydrogen) atoms. The minimum absolute atomic E-state index is 0.311. The van der Waals surface area contributed by atoms with Crippen molar-refractivity contribution in [2.75, 3.05) is 0 Å². The predicted octanol–water partition coefficient (Wildman–Crippen LogP) is 2.80. The Morgan fingerprint density at radius 2 is 1.55 bits per heavy atom. The van der Waals surface area contributed by atoms with Gasteiger partial charge in [-0.1, -0.05) is 43.0 Å². The van der Waals surface area contributed by atoms with Crippen molar-refractivity contribution < 1.29 is 9.59 Å². The number of amides is 2. The summed E-state index contributed by atoms with van der Waals surface area (Å²) in [6, 6.07) is 13.5. The number of imide groups is 1. The molecule has 0 atom stereocenters. The third kappa shape index (κ3) is 2.14. The van der Waals surface area contributed by atoms with Gasteiger partial charge in [0.1, 0.15) is 0 Å². The Morgan fingerprint density at radius 1 is 0.900 bits per heavy atom. The molecule has 0 unspecified atom stereocenters. The van der Waals surface area contributed by atoms with Crippen LogP contribution in [0.3, 0.4) is 0 Å². The second-order valence-electron chi connectivity index (χ2n) is 4.79. The molecule has 1 N–H and O–H groups in total. The highest BCUT2D eigenvalue weighted by Crippen LogP contribution is 2.19. The Hall–Kier alpha value is -2.68. The number of carbonyl (C=O) groups excluding carboxylic acids is 2. The minimum Gasteiger partial charge on any atom is -0.288 e. The highest BCUT2D eigenvalue weighted by atomic mass is 16.2. The van der Waals surface area contributed by atoms with E-state index >= 15 is 0 Å². The van der Waals surface area contributed by atoms with Crippen molar-refractivity contribution >= 4 is 17.9 Å². The van der Waals surface area contributed by atoms with Crippen LogP contribution < -0.4 is 5.32 Å². The molecule has 1 heterocycles. The van der Waals surface area contributed by atoms with Gasteiger partial charge in [0.05, 0.1) is 11.1 Å². The highest BCUT2D eigenvalue weighted by molar-refractivity contribution is 6.21. The topological polar surface area (TPSA) is 46.2 Å².